The van der Waals surface area contributed by atoms with Crippen molar-refractivity contribution in [2.75, 3.05) is 18.0 Å². The Hall–Kier alpha value is -3.11. The molecule has 2 aromatic rings. The molecule has 6 nitrogen and oxygen atoms in total. The van der Waals surface area contributed by atoms with Crippen molar-refractivity contribution in [2.24, 2.45) is 5.92 Å². The fourth-order valence-corrected chi connectivity index (χ4v) is 4.83. The zero-order chi connectivity index (χ0) is 24.1. The van der Waals surface area contributed by atoms with Gasteiger partial charge in [-0.05, 0) is 68.9 Å². The van der Waals surface area contributed by atoms with Crippen LogP contribution in [-0.2, 0) is 4.79 Å². The third-order valence-electron chi connectivity index (χ3n) is 6.67. The molecule has 1 heterocycles. The Morgan fingerprint density at radius 2 is 1.85 bits per heavy atom. The molecule has 34 heavy (non-hydrogen) atoms. The standard InChI is InChI=1S/C26H27ClFN3O3/c27-24-14-22(5-1-18(24)15-29)34-21-6-2-19(3-7-21)30-26(33)23-8-4-20(13-25(23)28)31-11-9-17(16-32)10-12-31/h1,4-5,8,13-14,16-17,19,21H,2-3,6-7,9-12H2,(H,30,33)/t19-,21-. The van der Waals surface area contributed by atoms with Gasteiger partial charge in [-0.1, -0.05) is 11.6 Å². The first-order valence-corrected chi connectivity index (χ1v) is 12.0. The van der Waals surface area contributed by atoms with Gasteiger partial charge < -0.3 is 19.7 Å². The van der Waals surface area contributed by atoms with Crippen LogP contribution in [0.15, 0.2) is 36.4 Å². The summed E-state index contributed by atoms with van der Waals surface area (Å²) in [4.78, 5) is 25.7. The predicted octanol–water partition coefficient (Wildman–Crippen LogP) is 4.89. The zero-order valence-electron chi connectivity index (χ0n) is 18.8. The van der Waals surface area contributed by atoms with Gasteiger partial charge in [0.1, 0.15) is 23.9 Å². The highest BCUT2D eigenvalue weighted by molar-refractivity contribution is 6.31. The van der Waals surface area contributed by atoms with E-state index >= 15 is 0 Å². The number of rotatable bonds is 6. The molecule has 0 radical (unpaired) electrons. The van der Waals surface area contributed by atoms with Gasteiger partial charge in [-0.15, -0.1) is 0 Å². The summed E-state index contributed by atoms with van der Waals surface area (Å²) in [5.74, 6) is -0.253. The number of aldehydes is 1. The number of amides is 1. The first-order chi connectivity index (χ1) is 16.5. The van der Waals surface area contributed by atoms with Crippen LogP contribution in [-0.4, -0.2) is 37.4 Å². The summed E-state index contributed by atoms with van der Waals surface area (Å²) in [5, 5.41) is 12.3. The lowest BCUT2D eigenvalue weighted by Gasteiger charge is -2.32. The van der Waals surface area contributed by atoms with E-state index in [4.69, 9.17) is 21.6 Å². The smallest absolute Gasteiger partial charge is 0.254 e. The van der Waals surface area contributed by atoms with Crippen molar-refractivity contribution in [2.45, 2.75) is 50.7 Å². The summed E-state index contributed by atoms with van der Waals surface area (Å²) >= 11 is 6.07. The second kappa shape index (κ2) is 10.9. The van der Waals surface area contributed by atoms with Gasteiger partial charge in [-0.3, -0.25) is 4.79 Å². The van der Waals surface area contributed by atoms with Crippen LogP contribution >= 0.6 is 11.6 Å². The first kappa shape index (κ1) is 24.0. The van der Waals surface area contributed by atoms with Gasteiger partial charge in [0.25, 0.3) is 5.91 Å². The molecule has 0 spiro atoms. The normalized spacial score (nSPS) is 20.9. The van der Waals surface area contributed by atoms with E-state index in [1.165, 1.54) is 12.1 Å². The minimum absolute atomic E-state index is 0.00321. The van der Waals surface area contributed by atoms with Crippen LogP contribution in [0.1, 0.15) is 54.4 Å². The van der Waals surface area contributed by atoms with Crippen LogP contribution in [0.2, 0.25) is 5.02 Å². The van der Waals surface area contributed by atoms with Crippen molar-refractivity contribution in [3.05, 3.63) is 58.4 Å². The van der Waals surface area contributed by atoms with E-state index in [1.807, 2.05) is 11.0 Å². The maximum atomic E-state index is 14.7. The molecule has 1 aliphatic carbocycles. The molecule has 1 aliphatic heterocycles. The van der Waals surface area contributed by atoms with E-state index in [-0.39, 0.29) is 23.6 Å². The Morgan fingerprint density at radius 3 is 2.47 bits per heavy atom. The summed E-state index contributed by atoms with van der Waals surface area (Å²) in [6.45, 7) is 1.41. The Bertz CT molecular complexity index is 1090. The summed E-state index contributed by atoms with van der Waals surface area (Å²) in [6.07, 6.45) is 5.47. The highest BCUT2D eigenvalue weighted by atomic mass is 35.5. The Kier molecular flexibility index (Phi) is 7.69. The van der Waals surface area contributed by atoms with Gasteiger partial charge >= 0.3 is 0 Å². The van der Waals surface area contributed by atoms with Crippen LogP contribution < -0.4 is 15.0 Å². The van der Waals surface area contributed by atoms with Gasteiger partial charge in [0, 0.05) is 36.8 Å². The fraction of sp³-hybridized carbons (Fsp3) is 0.423. The summed E-state index contributed by atoms with van der Waals surface area (Å²) < 4.78 is 20.7. The Labute approximate surface area is 203 Å². The lowest BCUT2D eigenvalue weighted by Crippen LogP contribution is -2.40. The number of carbonyl (C=O) groups excluding carboxylic acids is 2. The molecule has 178 valence electrons. The molecule has 0 atom stereocenters. The van der Waals surface area contributed by atoms with Crippen LogP contribution in [0.25, 0.3) is 0 Å². The summed E-state index contributed by atoms with van der Waals surface area (Å²) in [6, 6.07) is 11.7. The highest BCUT2D eigenvalue weighted by Crippen LogP contribution is 2.28. The van der Waals surface area contributed by atoms with Crippen molar-refractivity contribution < 1.29 is 18.7 Å². The molecule has 0 bridgehead atoms. The van der Waals surface area contributed by atoms with E-state index < -0.39 is 11.7 Å². The van der Waals surface area contributed by atoms with E-state index in [0.29, 0.717) is 29.4 Å². The quantitative estimate of drug-likeness (QED) is 0.592. The summed E-state index contributed by atoms with van der Waals surface area (Å²) in [5.41, 5.74) is 1.18. The molecular weight excluding hydrogens is 457 g/mol. The van der Waals surface area contributed by atoms with Gasteiger partial charge in [-0.25, -0.2) is 4.39 Å². The fourth-order valence-electron chi connectivity index (χ4n) is 4.62. The maximum Gasteiger partial charge on any atom is 0.254 e. The summed E-state index contributed by atoms with van der Waals surface area (Å²) in [7, 11) is 0. The third-order valence-corrected chi connectivity index (χ3v) is 6.98. The van der Waals surface area contributed by atoms with Crippen LogP contribution in [0.3, 0.4) is 0 Å². The number of benzene rings is 2. The first-order valence-electron chi connectivity index (χ1n) is 11.6. The number of carbonyl (C=O) groups is 2. The number of nitriles is 1. The maximum absolute atomic E-state index is 14.7. The van der Waals surface area contributed by atoms with Gasteiger partial charge in [0.05, 0.1) is 22.3 Å². The van der Waals surface area contributed by atoms with Crippen molar-refractivity contribution in [1.29, 1.82) is 5.26 Å². The lowest BCUT2D eigenvalue weighted by molar-refractivity contribution is -0.111. The van der Waals surface area contributed by atoms with E-state index in [0.717, 1.165) is 50.5 Å². The van der Waals surface area contributed by atoms with Crippen molar-refractivity contribution >= 4 is 29.5 Å². The minimum Gasteiger partial charge on any atom is -0.490 e. The molecule has 1 saturated heterocycles. The zero-order valence-corrected chi connectivity index (χ0v) is 19.6. The number of nitrogens with zero attached hydrogens (tertiary/aromatic N) is 2. The molecule has 1 N–H and O–H groups in total. The number of nitrogens with one attached hydrogen (secondary N) is 1. The number of anilines is 1. The van der Waals surface area contributed by atoms with Crippen LogP contribution in [0, 0.1) is 23.1 Å². The number of halogens is 2. The van der Waals surface area contributed by atoms with Crippen molar-refractivity contribution in [3.8, 4) is 11.8 Å². The lowest BCUT2D eigenvalue weighted by atomic mass is 9.92. The third kappa shape index (κ3) is 5.68. The number of ether oxygens (including phenoxy) is 1. The van der Waals surface area contributed by atoms with Gasteiger partial charge in [0.2, 0.25) is 0 Å². The number of hydrogen-bond acceptors (Lipinski definition) is 5. The molecule has 4 rings (SSSR count). The van der Waals surface area contributed by atoms with E-state index in [2.05, 4.69) is 5.32 Å². The average molecular weight is 484 g/mol. The molecule has 1 saturated carbocycles. The van der Waals surface area contributed by atoms with Crippen molar-refractivity contribution in [3.63, 3.8) is 0 Å². The molecular formula is C26H27ClFN3O3. The Balaban J connectivity index is 1.28. The number of piperidine rings is 1. The van der Waals surface area contributed by atoms with Gasteiger partial charge in [-0.2, -0.15) is 5.26 Å². The molecule has 2 fully saturated rings. The van der Waals surface area contributed by atoms with Crippen LogP contribution in [0.5, 0.6) is 5.75 Å². The monoisotopic (exact) mass is 483 g/mol. The van der Waals surface area contributed by atoms with E-state index in [1.54, 1.807) is 24.3 Å². The number of hydrogen-bond donors (Lipinski definition) is 1. The predicted molar refractivity (Wildman–Crippen MR) is 128 cm³/mol. The van der Waals surface area contributed by atoms with Crippen molar-refractivity contribution in [1.82, 2.24) is 5.32 Å². The second-order valence-corrected chi connectivity index (χ2v) is 9.35. The second-order valence-electron chi connectivity index (χ2n) is 8.94. The molecule has 2 aromatic carbocycles. The average Bonchev–Trinajstić information content (AvgIpc) is 2.85. The highest BCUT2D eigenvalue weighted by Gasteiger charge is 2.26. The molecule has 1 amide bonds. The largest absolute Gasteiger partial charge is 0.490 e. The molecule has 0 aromatic heterocycles. The molecule has 0 unspecified atom stereocenters. The topological polar surface area (TPSA) is 82.4 Å². The molecule has 2 aliphatic rings. The Morgan fingerprint density at radius 1 is 1.12 bits per heavy atom. The van der Waals surface area contributed by atoms with Crippen LogP contribution in [0.4, 0.5) is 10.1 Å². The molecule has 8 heteroatoms. The SMILES string of the molecule is N#Cc1ccc(O[C@H]2CC[C@H](NC(=O)c3ccc(N4CCC(C=O)CC4)cc3F)CC2)cc1Cl. The van der Waals surface area contributed by atoms with E-state index in [9.17, 15) is 14.0 Å². The van der Waals surface area contributed by atoms with Gasteiger partial charge in [0.15, 0.2) is 0 Å². The minimum atomic E-state index is -0.540.